The quantitative estimate of drug-likeness (QED) is 0.697. The highest BCUT2D eigenvalue weighted by Gasteiger charge is 2.19. The number of benzene rings is 2. The van der Waals surface area contributed by atoms with Gasteiger partial charge in [-0.25, -0.2) is 9.07 Å². The molecule has 2 aromatic carbocycles. The highest BCUT2D eigenvalue weighted by molar-refractivity contribution is 5.76. The Kier molecular flexibility index (Phi) is 5.45. The van der Waals surface area contributed by atoms with Gasteiger partial charge in [-0.3, -0.25) is 9.59 Å². The molecule has 0 unspecified atom stereocenters. The van der Waals surface area contributed by atoms with Crippen LogP contribution >= 0.6 is 0 Å². The van der Waals surface area contributed by atoms with Crippen molar-refractivity contribution >= 4 is 5.91 Å². The number of nitrogens with zero attached hydrogens (tertiary/aromatic N) is 3. The predicted molar refractivity (Wildman–Crippen MR) is 102 cm³/mol. The molecule has 6 heteroatoms. The molecule has 0 saturated heterocycles. The average Bonchev–Trinajstić information content (AvgIpc) is 2.69. The Morgan fingerprint density at radius 1 is 1.07 bits per heavy atom. The first kappa shape index (κ1) is 18.5. The van der Waals surface area contributed by atoms with Gasteiger partial charge in [0.2, 0.25) is 5.91 Å². The van der Waals surface area contributed by atoms with Gasteiger partial charge in [-0.15, -0.1) is 0 Å². The lowest BCUT2D eigenvalue weighted by molar-refractivity contribution is -0.132. The molecule has 3 aromatic rings. The van der Waals surface area contributed by atoms with Gasteiger partial charge in [0.05, 0.1) is 11.7 Å². The van der Waals surface area contributed by atoms with E-state index in [2.05, 4.69) is 5.10 Å². The number of likely N-dealkylation sites (N-methyl/N-ethyl adjacent to an activating group) is 1. The third kappa shape index (κ3) is 4.28. The van der Waals surface area contributed by atoms with Crippen LogP contribution in [0.3, 0.4) is 0 Å². The van der Waals surface area contributed by atoms with Crippen molar-refractivity contribution in [2.75, 3.05) is 7.05 Å². The van der Waals surface area contributed by atoms with Crippen molar-refractivity contribution < 1.29 is 9.18 Å². The fraction of sp³-hybridized carbons (Fsp3) is 0.190. The van der Waals surface area contributed by atoms with Crippen molar-refractivity contribution in [3.63, 3.8) is 0 Å². The third-order valence-electron chi connectivity index (χ3n) is 4.55. The molecule has 0 aliphatic rings. The SMILES string of the molecule is C[C@H](c1ccc(F)cc1)N(C)C(=O)Cn1nc(-c2ccccc2)ccc1=O. The van der Waals surface area contributed by atoms with Crippen molar-refractivity contribution in [1.29, 1.82) is 0 Å². The van der Waals surface area contributed by atoms with Crippen LogP contribution in [0.2, 0.25) is 0 Å². The topological polar surface area (TPSA) is 55.2 Å². The van der Waals surface area contributed by atoms with Gasteiger partial charge in [-0.1, -0.05) is 42.5 Å². The molecule has 0 aliphatic carbocycles. The second-order valence-corrected chi connectivity index (χ2v) is 6.31. The van der Waals surface area contributed by atoms with Crippen LogP contribution < -0.4 is 5.56 Å². The summed E-state index contributed by atoms with van der Waals surface area (Å²) in [5.41, 5.74) is 1.96. The summed E-state index contributed by atoms with van der Waals surface area (Å²) >= 11 is 0. The van der Waals surface area contributed by atoms with E-state index in [0.29, 0.717) is 5.69 Å². The Balaban J connectivity index is 1.79. The Morgan fingerprint density at radius 3 is 2.41 bits per heavy atom. The molecule has 27 heavy (non-hydrogen) atoms. The zero-order chi connectivity index (χ0) is 19.4. The van der Waals surface area contributed by atoms with E-state index in [9.17, 15) is 14.0 Å². The van der Waals surface area contributed by atoms with Crippen LogP contribution in [0.5, 0.6) is 0 Å². The molecule has 1 aromatic heterocycles. The molecule has 3 rings (SSSR count). The Labute approximate surface area is 156 Å². The summed E-state index contributed by atoms with van der Waals surface area (Å²) < 4.78 is 14.3. The summed E-state index contributed by atoms with van der Waals surface area (Å²) in [6.45, 7) is 1.68. The first-order valence-electron chi connectivity index (χ1n) is 8.60. The van der Waals surface area contributed by atoms with E-state index >= 15 is 0 Å². The maximum Gasteiger partial charge on any atom is 0.267 e. The Hall–Kier alpha value is -3.28. The van der Waals surface area contributed by atoms with Gasteiger partial charge in [0.15, 0.2) is 0 Å². The minimum atomic E-state index is -0.342. The van der Waals surface area contributed by atoms with Crippen molar-refractivity contribution in [3.8, 4) is 11.3 Å². The molecule has 0 N–H and O–H groups in total. The number of hydrogen-bond donors (Lipinski definition) is 0. The van der Waals surface area contributed by atoms with Crippen LogP contribution in [0.25, 0.3) is 11.3 Å². The number of rotatable bonds is 5. The van der Waals surface area contributed by atoms with Crippen molar-refractivity contribution in [2.45, 2.75) is 19.5 Å². The number of amides is 1. The van der Waals surface area contributed by atoms with E-state index in [1.54, 1.807) is 25.2 Å². The van der Waals surface area contributed by atoms with Crippen LogP contribution in [0.4, 0.5) is 4.39 Å². The van der Waals surface area contributed by atoms with Crippen LogP contribution in [-0.2, 0) is 11.3 Å². The zero-order valence-electron chi connectivity index (χ0n) is 15.2. The van der Waals surface area contributed by atoms with Crippen molar-refractivity contribution in [2.24, 2.45) is 0 Å². The largest absolute Gasteiger partial charge is 0.337 e. The summed E-state index contributed by atoms with van der Waals surface area (Å²) in [7, 11) is 1.66. The molecule has 0 saturated carbocycles. The molecular formula is C21H20FN3O2. The number of halogens is 1. The maximum atomic E-state index is 13.1. The first-order valence-corrected chi connectivity index (χ1v) is 8.60. The minimum absolute atomic E-state index is 0.165. The zero-order valence-corrected chi connectivity index (χ0v) is 15.2. The van der Waals surface area contributed by atoms with E-state index in [4.69, 9.17) is 0 Å². The van der Waals surface area contributed by atoms with Gasteiger partial charge >= 0.3 is 0 Å². The molecule has 1 heterocycles. The van der Waals surface area contributed by atoms with Gasteiger partial charge in [0, 0.05) is 18.7 Å². The second-order valence-electron chi connectivity index (χ2n) is 6.31. The summed E-state index contributed by atoms with van der Waals surface area (Å²) in [5.74, 6) is -0.583. The van der Waals surface area contributed by atoms with E-state index in [-0.39, 0.29) is 29.9 Å². The van der Waals surface area contributed by atoms with Gasteiger partial charge in [0.25, 0.3) is 5.56 Å². The lowest BCUT2D eigenvalue weighted by atomic mass is 10.1. The van der Waals surface area contributed by atoms with Crippen molar-refractivity contribution in [1.82, 2.24) is 14.7 Å². The molecule has 1 atom stereocenters. The smallest absolute Gasteiger partial charge is 0.267 e. The first-order chi connectivity index (χ1) is 13.0. The Bertz CT molecular complexity index is 984. The molecule has 0 aliphatic heterocycles. The normalized spacial score (nSPS) is 11.8. The highest BCUT2D eigenvalue weighted by Crippen LogP contribution is 2.19. The molecule has 0 radical (unpaired) electrons. The van der Waals surface area contributed by atoms with Crippen LogP contribution in [0.1, 0.15) is 18.5 Å². The van der Waals surface area contributed by atoms with Gasteiger partial charge in [-0.2, -0.15) is 5.10 Å². The third-order valence-corrected chi connectivity index (χ3v) is 4.55. The summed E-state index contributed by atoms with van der Waals surface area (Å²) in [6, 6.07) is 18.2. The lowest BCUT2D eigenvalue weighted by Gasteiger charge is -2.25. The standard InChI is InChI=1S/C21H20FN3O2/c1-15(16-8-10-18(22)11-9-16)24(2)21(27)14-25-20(26)13-12-19(23-25)17-6-4-3-5-7-17/h3-13,15H,14H2,1-2H3/t15-/m1/s1. The fourth-order valence-corrected chi connectivity index (χ4v) is 2.75. The number of carbonyl (C=O) groups is 1. The molecule has 1 amide bonds. The molecule has 0 fully saturated rings. The van der Waals surface area contributed by atoms with Crippen LogP contribution in [0, 0.1) is 5.82 Å². The van der Waals surface area contributed by atoms with Gasteiger partial charge in [0.1, 0.15) is 12.4 Å². The maximum absolute atomic E-state index is 13.1. The van der Waals surface area contributed by atoms with Gasteiger partial charge < -0.3 is 4.90 Å². The summed E-state index contributed by atoms with van der Waals surface area (Å²) in [4.78, 5) is 26.3. The molecule has 0 spiro atoms. The monoisotopic (exact) mass is 365 g/mol. The molecular weight excluding hydrogens is 345 g/mol. The fourth-order valence-electron chi connectivity index (χ4n) is 2.75. The van der Waals surface area contributed by atoms with Crippen LogP contribution in [-0.4, -0.2) is 27.6 Å². The van der Waals surface area contributed by atoms with Crippen molar-refractivity contribution in [3.05, 3.63) is 88.5 Å². The summed E-state index contributed by atoms with van der Waals surface area (Å²) in [5, 5.41) is 4.32. The number of carbonyl (C=O) groups excluding carboxylic acids is 1. The van der Waals surface area contributed by atoms with E-state index in [1.807, 2.05) is 37.3 Å². The van der Waals surface area contributed by atoms with Gasteiger partial charge in [-0.05, 0) is 30.7 Å². The Morgan fingerprint density at radius 2 is 1.74 bits per heavy atom. The molecule has 138 valence electrons. The molecule has 0 bridgehead atoms. The predicted octanol–water partition coefficient (Wildman–Crippen LogP) is 3.27. The lowest BCUT2D eigenvalue weighted by Crippen LogP contribution is -2.36. The number of hydrogen-bond acceptors (Lipinski definition) is 3. The van der Waals surface area contributed by atoms with E-state index in [1.165, 1.54) is 27.8 Å². The number of aromatic nitrogens is 2. The second kappa shape index (κ2) is 7.95. The van der Waals surface area contributed by atoms with E-state index in [0.717, 1.165) is 11.1 Å². The van der Waals surface area contributed by atoms with Crippen LogP contribution in [0.15, 0.2) is 71.5 Å². The summed E-state index contributed by atoms with van der Waals surface area (Å²) in [6.07, 6.45) is 0. The highest BCUT2D eigenvalue weighted by atomic mass is 19.1. The van der Waals surface area contributed by atoms with E-state index < -0.39 is 0 Å². The minimum Gasteiger partial charge on any atom is -0.337 e. The average molecular weight is 365 g/mol. The molecule has 5 nitrogen and oxygen atoms in total.